The largest absolute Gasteiger partial charge is 0.333 e. The molecule has 6 heteroatoms. The fourth-order valence-electron chi connectivity index (χ4n) is 1.56. The fraction of sp³-hybridized carbons (Fsp3) is 0.182. The van der Waals surface area contributed by atoms with Crippen LogP contribution in [0.25, 0.3) is 22.2 Å². The van der Waals surface area contributed by atoms with Crippen LogP contribution in [0.4, 0.5) is 0 Å². The number of aromatic nitrogens is 4. The van der Waals surface area contributed by atoms with Crippen LogP contribution in [0.3, 0.4) is 0 Å². The molecule has 0 saturated heterocycles. The van der Waals surface area contributed by atoms with Crippen LogP contribution in [0.5, 0.6) is 0 Å². The second kappa shape index (κ2) is 3.81. The van der Waals surface area contributed by atoms with Gasteiger partial charge in [-0.2, -0.15) is 10.1 Å². The summed E-state index contributed by atoms with van der Waals surface area (Å²) < 4.78 is 6.98. The highest BCUT2D eigenvalue weighted by molar-refractivity contribution is 7.13. The third-order valence-electron chi connectivity index (χ3n) is 2.45. The SMILES string of the molecule is Cc1ccsc1-c1nc(-c2cnn(C)c2)no1. The summed E-state index contributed by atoms with van der Waals surface area (Å²) in [5, 5.41) is 10.1. The average molecular weight is 246 g/mol. The Balaban J connectivity index is 2.01. The summed E-state index contributed by atoms with van der Waals surface area (Å²) in [6.45, 7) is 2.03. The minimum atomic E-state index is 0.566. The van der Waals surface area contributed by atoms with Gasteiger partial charge in [-0.3, -0.25) is 4.68 Å². The van der Waals surface area contributed by atoms with Crippen LogP contribution in [0.2, 0.25) is 0 Å². The molecule has 0 aliphatic carbocycles. The van der Waals surface area contributed by atoms with Gasteiger partial charge in [0.25, 0.3) is 5.89 Å². The predicted molar refractivity (Wildman–Crippen MR) is 64.6 cm³/mol. The second-order valence-corrected chi connectivity index (χ2v) is 4.67. The molecule has 0 spiro atoms. The van der Waals surface area contributed by atoms with Crippen LogP contribution >= 0.6 is 11.3 Å². The van der Waals surface area contributed by atoms with Crippen LogP contribution < -0.4 is 0 Å². The Morgan fingerprint density at radius 3 is 2.94 bits per heavy atom. The van der Waals surface area contributed by atoms with E-state index in [0.29, 0.717) is 11.7 Å². The first kappa shape index (κ1) is 10.2. The quantitative estimate of drug-likeness (QED) is 0.697. The van der Waals surface area contributed by atoms with Crippen molar-refractivity contribution in [1.82, 2.24) is 19.9 Å². The standard InChI is InChI=1S/C11H10N4OS/c1-7-3-4-17-9(7)11-13-10(14-16-11)8-5-12-15(2)6-8/h3-6H,1-2H3. The number of rotatable bonds is 2. The lowest BCUT2D eigenvalue weighted by Crippen LogP contribution is -1.84. The van der Waals surface area contributed by atoms with Gasteiger partial charge < -0.3 is 4.52 Å². The van der Waals surface area contributed by atoms with E-state index in [1.807, 2.05) is 31.6 Å². The molecule has 0 radical (unpaired) electrons. The summed E-state index contributed by atoms with van der Waals surface area (Å²) >= 11 is 1.60. The van der Waals surface area contributed by atoms with Crippen LogP contribution in [0, 0.1) is 6.92 Å². The number of thiophene rings is 1. The molecular weight excluding hydrogens is 236 g/mol. The minimum Gasteiger partial charge on any atom is -0.333 e. The lowest BCUT2D eigenvalue weighted by atomic mass is 10.3. The molecule has 3 aromatic rings. The van der Waals surface area contributed by atoms with E-state index in [0.717, 1.165) is 16.0 Å². The molecule has 0 saturated carbocycles. The third kappa shape index (κ3) is 1.76. The number of hydrogen-bond acceptors (Lipinski definition) is 5. The van der Waals surface area contributed by atoms with E-state index < -0.39 is 0 Å². The smallest absolute Gasteiger partial charge is 0.268 e. The second-order valence-electron chi connectivity index (χ2n) is 3.76. The summed E-state index contributed by atoms with van der Waals surface area (Å²) in [5.74, 6) is 1.14. The van der Waals surface area contributed by atoms with E-state index in [4.69, 9.17) is 4.52 Å². The number of hydrogen-bond donors (Lipinski definition) is 0. The molecular formula is C11H10N4OS. The van der Waals surface area contributed by atoms with E-state index >= 15 is 0 Å². The molecule has 0 amide bonds. The Morgan fingerprint density at radius 1 is 1.41 bits per heavy atom. The van der Waals surface area contributed by atoms with Crippen LogP contribution in [0.15, 0.2) is 28.4 Å². The number of nitrogens with zero attached hydrogens (tertiary/aromatic N) is 4. The lowest BCUT2D eigenvalue weighted by Gasteiger charge is -1.88. The molecule has 0 unspecified atom stereocenters. The summed E-state index contributed by atoms with van der Waals surface area (Å²) in [5.41, 5.74) is 2.01. The van der Waals surface area contributed by atoms with Crippen molar-refractivity contribution < 1.29 is 4.52 Å². The zero-order valence-corrected chi connectivity index (χ0v) is 10.2. The van der Waals surface area contributed by atoms with E-state index in [-0.39, 0.29) is 0 Å². The van der Waals surface area contributed by atoms with Gasteiger partial charge in [-0.15, -0.1) is 11.3 Å². The summed E-state index contributed by atoms with van der Waals surface area (Å²) in [6, 6.07) is 2.04. The van der Waals surface area contributed by atoms with Gasteiger partial charge in [-0.25, -0.2) is 0 Å². The topological polar surface area (TPSA) is 56.7 Å². The van der Waals surface area contributed by atoms with Crippen molar-refractivity contribution in [1.29, 1.82) is 0 Å². The van der Waals surface area contributed by atoms with Gasteiger partial charge in [0.05, 0.1) is 16.6 Å². The highest BCUT2D eigenvalue weighted by Gasteiger charge is 2.14. The molecule has 3 rings (SSSR count). The van der Waals surface area contributed by atoms with Gasteiger partial charge >= 0.3 is 0 Å². The average Bonchev–Trinajstić information content (AvgIpc) is 2.97. The molecule has 0 aliphatic rings. The van der Waals surface area contributed by atoms with Gasteiger partial charge in [0.2, 0.25) is 5.82 Å². The highest BCUT2D eigenvalue weighted by Crippen LogP contribution is 2.28. The zero-order chi connectivity index (χ0) is 11.8. The van der Waals surface area contributed by atoms with Crippen molar-refractivity contribution in [2.24, 2.45) is 7.05 Å². The maximum absolute atomic E-state index is 5.27. The summed E-state index contributed by atoms with van der Waals surface area (Å²) in [4.78, 5) is 5.40. The summed E-state index contributed by atoms with van der Waals surface area (Å²) in [7, 11) is 1.86. The Kier molecular flexibility index (Phi) is 2.29. The molecule has 86 valence electrons. The molecule has 0 bridgehead atoms. The lowest BCUT2D eigenvalue weighted by molar-refractivity contribution is 0.433. The van der Waals surface area contributed by atoms with E-state index in [9.17, 15) is 0 Å². The molecule has 17 heavy (non-hydrogen) atoms. The van der Waals surface area contributed by atoms with Crippen molar-refractivity contribution in [3.8, 4) is 22.2 Å². The van der Waals surface area contributed by atoms with Crippen molar-refractivity contribution in [2.75, 3.05) is 0 Å². The maximum Gasteiger partial charge on any atom is 0.268 e. The Bertz CT molecular complexity index is 652. The monoisotopic (exact) mass is 246 g/mol. The molecule has 0 aliphatic heterocycles. The van der Waals surface area contributed by atoms with Crippen molar-refractivity contribution >= 4 is 11.3 Å². The van der Waals surface area contributed by atoms with Gasteiger partial charge in [0, 0.05) is 13.2 Å². The molecule has 3 aromatic heterocycles. The molecule has 3 heterocycles. The van der Waals surface area contributed by atoms with E-state index in [2.05, 4.69) is 15.2 Å². The molecule has 0 aromatic carbocycles. The Labute approximate surface area is 102 Å². The van der Waals surface area contributed by atoms with Gasteiger partial charge in [0.15, 0.2) is 0 Å². The first-order chi connectivity index (χ1) is 8.24. The normalized spacial score (nSPS) is 10.9. The molecule has 0 fully saturated rings. The fourth-order valence-corrected chi connectivity index (χ4v) is 2.41. The van der Waals surface area contributed by atoms with E-state index in [1.165, 1.54) is 0 Å². The third-order valence-corrected chi connectivity index (χ3v) is 3.45. The van der Waals surface area contributed by atoms with Crippen LogP contribution in [0.1, 0.15) is 5.56 Å². The first-order valence-corrected chi connectivity index (χ1v) is 5.99. The first-order valence-electron chi connectivity index (χ1n) is 5.11. The predicted octanol–water partition coefficient (Wildman–Crippen LogP) is 2.51. The Morgan fingerprint density at radius 2 is 2.29 bits per heavy atom. The van der Waals surface area contributed by atoms with Gasteiger partial charge in [-0.1, -0.05) is 5.16 Å². The Hall–Kier alpha value is -1.95. The van der Waals surface area contributed by atoms with Gasteiger partial charge in [0.1, 0.15) is 0 Å². The van der Waals surface area contributed by atoms with E-state index in [1.54, 1.807) is 22.2 Å². The summed E-state index contributed by atoms with van der Waals surface area (Å²) in [6.07, 6.45) is 3.58. The highest BCUT2D eigenvalue weighted by atomic mass is 32.1. The number of aryl methyl sites for hydroxylation is 2. The van der Waals surface area contributed by atoms with Crippen LogP contribution in [-0.2, 0) is 7.05 Å². The maximum atomic E-state index is 5.27. The van der Waals surface area contributed by atoms with Crippen LogP contribution in [-0.4, -0.2) is 19.9 Å². The van der Waals surface area contributed by atoms with Crippen molar-refractivity contribution in [3.63, 3.8) is 0 Å². The molecule has 0 atom stereocenters. The molecule has 5 nitrogen and oxygen atoms in total. The molecule has 0 N–H and O–H groups in total. The van der Waals surface area contributed by atoms with Crippen molar-refractivity contribution in [3.05, 3.63) is 29.4 Å². The zero-order valence-electron chi connectivity index (χ0n) is 9.41. The van der Waals surface area contributed by atoms with Gasteiger partial charge in [-0.05, 0) is 23.9 Å². The van der Waals surface area contributed by atoms with Crippen molar-refractivity contribution in [2.45, 2.75) is 6.92 Å². The minimum absolute atomic E-state index is 0.566.